The summed E-state index contributed by atoms with van der Waals surface area (Å²) >= 11 is 0. The van der Waals surface area contributed by atoms with E-state index >= 15 is 0 Å². The van der Waals surface area contributed by atoms with Gasteiger partial charge in [0.05, 0.1) is 37.7 Å². The number of nitrogens with one attached hydrogen (secondary N) is 2. The maximum absolute atomic E-state index is 13.5. The predicted octanol–water partition coefficient (Wildman–Crippen LogP) is 2.57. The van der Waals surface area contributed by atoms with Gasteiger partial charge in [-0.05, 0) is 31.4 Å². The normalized spacial score (nSPS) is 20.2. The summed E-state index contributed by atoms with van der Waals surface area (Å²) in [6.45, 7) is 6.66. The van der Waals surface area contributed by atoms with E-state index in [9.17, 15) is 14.4 Å². The van der Waals surface area contributed by atoms with Gasteiger partial charge in [-0.3, -0.25) is 9.59 Å². The standard InChI is InChI=1S/C29H47N3O6/c1-8-19(2)26(30-4)24(36-5)18-25(33)32-16-12-15-23(32)27(37-6)20(3)28(34)31-22(29(35)38-7)17-21-13-10-9-11-14-21/h9-11,13-14,19-20,22-24,26-27,30H,8,12,15-18H2,1-7H3,(H,31,34)/t19-,20+,22+,23-,24+,26-,27+/m0/s1. The second-order valence-electron chi connectivity index (χ2n) is 10.2. The summed E-state index contributed by atoms with van der Waals surface area (Å²) in [4.78, 5) is 41.1. The fraction of sp³-hybridized carbons (Fsp3) is 0.690. The number of rotatable bonds is 15. The molecule has 2 amide bonds. The lowest BCUT2D eigenvalue weighted by Crippen LogP contribution is -2.53. The van der Waals surface area contributed by atoms with Crippen molar-refractivity contribution >= 4 is 17.8 Å². The fourth-order valence-corrected chi connectivity index (χ4v) is 5.51. The van der Waals surface area contributed by atoms with Crippen LogP contribution >= 0.6 is 0 Å². The summed E-state index contributed by atoms with van der Waals surface area (Å²) in [6.07, 6.45) is 2.34. The lowest BCUT2D eigenvalue weighted by atomic mass is 9.91. The van der Waals surface area contributed by atoms with Gasteiger partial charge in [-0.2, -0.15) is 0 Å². The van der Waals surface area contributed by atoms with Gasteiger partial charge in [-0.25, -0.2) is 4.79 Å². The number of nitrogens with zero attached hydrogens (tertiary/aromatic N) is 1. The average Bonchev–Trinajstić information content (AvgIpc) is 3.42. The number of likely N-dealkylation sites (N-methyl/N-ethyl adjacent to an activating group) is 1. The highest BCUT2D eigenvalue weighted by Crippen LogP contribution is 2.28. The van der Waals surface area contributed by atoms with E-state index < -0.39 is 24.0 Å². The van der Waals surface area contributed by atoms with Crippen molar-refractivity contribution in [2.75, 3.05) is 34.9 Å². The number of hydrogen-bond donors (Lipinski definition) is 2. The Morgan fingerprint density at radius 3 is 2.32 bits per heavy atom. The molecule has 7 atom stereocenters. The minimum Gasteiger partial charge on any atom is -0.467 e. The number of carbonyl (C=O) groups excluding carboxylic acids is 3. The Balaban J connectivity index is 2.13. The molecule has 1 fully saturated rings. The topological polar surface area (TPSA) is 106 Å². The van der Waals surface area contributed by atoms with Crippen LogP contribution in [0.4, 0.5) is 0 Å². The van der Waals surface area contributed by atoms with Gasteiger partial charge in [-0.15, -0.1) is 0 Å². The number of amides is 2. The summed E-state index contributed by atoms with van der Waals surface area (Å²) in [5, 5.41) is 6.17. The van der Waals surface area contributed by atoms with Crippen molar-refractivity contribution < 1.29 is 28.6 Å². The molecule has 0 bridgehead atoms. The molecule has 1 aliphatic rings. The SMILES string of the molecule is CC[C@H](C)[C@H](NC)[C@@H](CC(=O)N1CCC[C@H]1[C@H](OC)[C@@H](C)C(=O)N[C@H](Cc1ccccc1)C(=O)OC)OC. The maximum atomic E-state index is 13.5. The van der Waals surface area contributed by atoms with E-state index in [1.165, 1.54) is 7.11 Å². The Kier molecular flexibility index (Phi) is 13.2. The van der Waals surface area contributed by atoms with Crippen molar-refractivity contribution in [2.45, 2.75) is 83.2 Å². The monoisotopic (exact) mass is 533 g/mol. The molecule has 0 radical (unpaired) electrons. The molecule has 214 valence electrons. The van der Waals surface area contributed by atoms with Crippen LogP contribution in [0.1, 0.15) is 52.0 Å². The zero-order valence-corrected chi connectivity index (χ0v) is 24.1. The summed E-state index contributed by atoms with van der Waals surface area (Å²) in [5.41, 5.74) is 0.914. The lowest BCUT2D eigenvalue weighted by Gasteiger charge is -2.36. The Labute approximate surface area is 228 Å². The summed E-state index contributed by atoms with van der Waals surface area (Å²) in [6, 6.07) is 8.46. The summed E-state index contributed by atoms with van der Waals surface area (Å²) in [5.74, 6) is -1.07. The van der Waals surface area contributed by atoms with Crippen LogP contribution in [0.15, 0.2) is 30.3 Å². The highest BCUT2D eigenvalue weighted by Gasteiger charge is 2.41. The van der Waals surface area contributed by atoms with Crippen LogP contribution in [0.5, 0.6) is 0 Å². The fourth-order valence-electron chi connectivity index (χ4n) is 5.51. The largest absolute Gasteiger partial charge is 0.467 e. The molecule has 0 saturated carbocycles. The van der Waals surface area contributed by atoms with Crippen molar-refractivity contribution in [2.24, 2.45) is 11.8 Å². The lowest BCUT2D eigenvalue weighted by molar-refractivity contribution is -0.147. The van der Waals surface area contributed by atoms with Gasteiger partial charge in [0.25, 0.3) is 0 Å². The van der Waals surface area contributed by atoms with Crippen LogP contribution in [0, 0.1) is 11.8 Å². The first-order valence-electron chi connectivity index (χ1n) is 13.7. The molecule has 0 aromatic heterocycles. The molecular formula is C29H47N3O6. The third kappa shape index (κ3) is 8.25. The molecule has 2 rings (SSSR count). The number of ether oxygens (including phenoxy) is 3. The van der Waals surface area contributed by atoms with E-state index in [0.29, 0.717) is 18.9 Å². The number of esters is 1. The van der Waals surface area contributed by atoms with Crippen molar-refractivity contribution in [3.8, 4) is 0 Å². The Bertz CT molecular complexity index is 882. The van der Waals surface area contributed by atoms with Gasteiger partial charge in [0, 0.05) is 33.2 Å². The second-order valence-corrected chi connectivity index (χ2v) is 10.2. The highest BCUT2D eigenvalue weighted by molar-refractivity contribution is 5.86. The number of hydrogen-bond acceptors (Lipinski definition) is 7. The van der Waals surface area contributed by atoms with E-state index in [1.807, 2.05) is 42.3 Å². The van der Waals surface area contributed by atoms with Crippen LogP contribution in [0.25, 0.3) is 0 Å². The van der Waals surface area contributed by atoms with Gasteiger partial charge < -0.3 is 29.7 Å². The zero-order valence-electron chi connectivity index (χ0n) is 24.1. The summed E-state index contributed by atoms with van der Waals surface area (Å²) < 4.78 is 16.5. The molecule has 1 heterocycles. The van der Waals surface area contributed by atoms with Crippen LogP contribution in [0.2, 0.25) is 0 Å². The number of likely N-dealkylation sites (tertiary alicyclic amines) is 1. The second kappa shape index (κ2) is 15.8. The smallest absolute Gasteiger partial charge is 0.328 e. The first-order chi connectivity index (χ1) is 18.2. The number of benzene rings is 1. The van der Waals surface area contributed by atoms with E-state index in [4.69, 9.17) is 14.2 Å². The van der Waals surface area contributed by atoms with Crippen molar-refractivity contribution in [3.63, 3.8) is 0 Å². The van der Waals surface area contributed by atoms with Crippen molar-refractivity contribution in [1.82, 2.24) is 15.5 Å². The van der Waals surface area contributed by atoms with Crippen molar-refractivity contribution in [1.29, 1.82) is 0 Å². The molecule has 9 nitrogen and oxygen atoms in total. The Morgan fingerprint density at radius 1 is 1.08 bits per heavy atom. The molecule has 0 unspecified atom stereocenters. The van der Waals surface area contributed by atoms with Gasteiger partial charge in [0.1, 0.15) is 6.04 Å². The Morgan fingerprint density at radius 2 is 1.76 bits per heavy atom. The average molecular weight is 534 g/mol. The predicted molar refractivity (Wildman–Crippen MR) is 147 cm³/mol. The van der Waals surface area contributed by atoms with Gasteiger partial charge in [-0.1, -0.05) is 57.5 Å². The molecule has 9 heteroatoms. The van der Waals surface area contributed by atoms with Gasteiger partial charge >= 0.3 is 5.97 Å². The minimum absolute atomic E-state index is 0.00549. The molecule has 0 spiro atoms. The van der Waals surface area contributed by atoms with Gasteiger partial charge in [0.2, 0.25) is 11.8 Å². The van der Waals surface area contributed by atoms with E-state index in [1.54, 1.807) is 21.1 Å². The van der Waals surface area contributed by atoms with Crippen LogP contribution < -0.4 is 10.6 Å². The molecule has 1 aromatic rings. The third-order valence-corrected chi connectivity index (χ3v) is 7.93. The third-order valence-electron chi connectivity index (χ3n) is 7.93. The van der Waals surface area contributed by atoms with E-state index in [2.05, 4.69) is 24.5 Å². The molecule has 38 heavy (non-hydrogen) atoms. The quantitative estimate of drug-likeness (QED) is 0.334. The van der Waals surface area contributed by atoms with Crippen molar-refractivity contribution in [3.05, 3.63) is 35.9 Å². The van der Waals surface area contributed by atoms with Gasteiger partial charge in [0.15, 0.2) is 0 Å². The Hall–Kier alpha value is -2.49. The minimum atomic E-state index is -0.822. The van der Waals surface area contributed by atoms with E-state index in [0.717, 1.165) is 24.8 Å². The number of methoxy groups -OCH3 is 3. The molecular weight excluding hydrogens is 486 g/mol. The first kappa shape index (κ1) is 31.7. The molecule has 1 aromatic carbocycles. The molecule has 2 N–H and O–H groups in total. The van der Waals surface area contributed by atoms with Crippen LogP contribution in [-0.4, -0.2) is 87.9 Å². The first-order valence-corrected chi connectivity index (χ1v) is 13.7. The summed E-state index contributed by atoms with van der Waals surface area (Å²) in [7, 11) is 6.41. The van der Waals surface area contributed by atoms with Crippen LogP contribution in [0.3, 0.4) is 0 Å². The highest BCUT2D eigenvalue weighted by atomic mass is 16.5. The maximum Gasteiger partial charge on any atom is 0.328 e. The number of carbonyl (C=O) groups is 3. The van der Waals surface area contributed by atoms with Crippen LogP contribution in [-0.2, 0) is 35.0 Å². The molecule has 1 saturated heterocycles. The molecule has 1 aliphatic heterocycles. The van der Waals surface area contributed by atoms with E-state index in [-0.39, 0.29) is 36.4 Å². The molecule has 0 aliphatic carbocycles. The zero-order chi connectivity index (χ0) is 28.2.